The van der Waals surface area contributed by atoms with Crippen molar-refractivity contribution in [1.29, 1.82) is 0 Å². The van der Waals surface area contributed by atoms with Crippen molar-refractivity contribution in [3.05, 3.63) is 83.0 Å². The van der Waals surface area contributed by atoms with Crippen LogP contribution in [0.1, 0.15) is 12.7 Å². The summed E-state index contributed by atoms with van der Waals surface area (Å²) in [5, 5.41) is 8.06. The lowest BCUT2D eigenvalue weighted by atomic mass is 10.2. The van der Waals surface area contributed by atoms with Crippen LogP contribution in [0.15, 0.2) is 86.2 Å². The predicted molar refractivity (Wildman–Crippen MR) is 126 cm³/mol. The summed E-state index contributed by atoms with van der Waals surface area (Å²) in [5.41, 5.74) is 0.719. The third-order valence-corrected chi connectivity index (χ3v) is 6.84. The summed E-state index contributed by atoms with van der Waals surface area (Å²) in [6.45, 7) is 1.87. The van der Waals surface area contributed by atoms with Crippen LogP contribution >= 0.6 is 11.8 Å². The summed E-state index contributed by atoms with van der Waals surface area (Å²) in [5.74, 6) is 0.249. The van der Waals surface area contributed by atoms with Gasteiger partial charge in [0.1, 0.15) is 5.76 Å². The number of carbonyl (C=O) groups excluding carboxylic acids is 1. The number of carbonyl (C=O) groups is 1. The van der Waals surface area contributed by atoms with Gasteiger partial charge in [-0.3, -0.25) is 14.2 Å². The molecule has 0 aliphatic carbocycles. The number of furan rings is 1. The number of nitrogens with two attached hydrogens (primary N) is 1. The Bertz CT molecular complexity index is 1460. The van der Waals surface area contributed by atoms with Gasteiger partial charge in [0.2, 0.25) is 15.9 Å². The molecule has 3 N–H and O–H groups in total. The second-order valence-corrected chi connectivity index (χ2v) is 10.1. The van der Waals surface area contributed by atoms with E-state index in [9.17, 15) is 18.0 Å². The van der Waals surface area contributed by atoms with Crippen molar-refractivity contribution in [2.24, 2.45) is 5.14 Å². The molecule has 170 valence electrons. The smallest absolute Gasteiger partial charge is 0.262 e. The molecule has 0 spiro atoms. The maximum Gasteiger partial charge on any atom is 0.262 e. The van der Waals surface area contributed by atoms with Crippen LogP contribution in [-0.2, 0) is 21.4 Å². The van der Waals surface area contributed by atoms with E-state index in [1.165, 1.54) is 35.1 Å². The number of hydrogen-bond donors (Lipinski definition) is 2. The predicted octanol–water partition coefficient (Wildman–Crippen LogP) is 2.80. The first-order valence-electron chi connectivity index (χ1n) is 9.85. The number of thioether (sulfide) groups is 1. The number of primary sulfonamides is 1. The number of fused-ring (bicyclic) bond motifs is 1. The molecule has 0 saturated carbocycles. The van der Waals surface area contributed by atoms with E-state index in [1.807, 2.05) is 0 Å². The molecule has 1 unspecified atom stereocenters. The average Bonchev–Trinajstić information content (AvgIpc) is 3.29. The Kier molecular flexibility index (Phi) is 6.36. The maximum atomic E-state index is 13.1. The number of sulfonamides is 1. The number of nitrogens with one attached hydrogen (secondary N) is 1. The van der Waals surface area contributed by atoms with E-state index < -0.39 is 15.3 Å². The Balaban J connectivity index is 1.59. The number of benzene rings is 2. The van der Waals surface area contributed by atoms with Crippen LogP contribution in [0, 0.1) is 0 Å². The van der Waals surface area contributed by atoms with Crippen molar-refractivity contribution >= 4 is 44.3 Å². The molecule has 33 heavy (non-hydrogen) atoms. The molecular weight excluding hydrogens is 464 g/mol. The average molecular weight is 485 g/mol. The summed E-state index contributed by atoms with van der Waals surface area (Å²) in [6.07, 6.45) is 1.53. The van der Waals surface area contributed by atoms with Gasteiger partial charge in [0.05, 0.1) is 33.9 Å². The van der Waals surface area contributed by atoms with Crippen molar-refractivity contribution in [3.8, 4) is 0 Å². The van der Waals surface area contributed by atoms with Crippen LogP contribution in [-0.4, -0.2) is 29.1 Å². The van der Waals surface area contributed by atoms with Gasteiger partial charge < -0.3 is 9.73 Å². The van der Waals surface area contributed by atoms with Crippen molar-refractivity contribution in [2.75, 3.05) is 5.32 Å². The molecule has 0 fully saturated rings. The molecule has 4 rings (SSSR count). The van der Waals surface area contributed by atoms with Crippen LogP contribution in [0.25, 0.3) is 10.9 Å². The van der Waals surface area contributed by atoms with E-state index in [0.717, 1.165) is 11.8 Å². The molecule has 0 bridgehead atoms. The highest BCUT2D eigenvalue weighted by Crippen LogP contribution is 2.24. The molecule has 2 heterocycles. The van der Waals surface area contributed by atoms with Gasteiger partial charge in [0.25, 0.3) is 5.56 Å². The number of nitrogens with zero attached hydrogens (tertiary/aromatic N) is 2. The number of amides is 1. The first kappa shape index (κ1) is 22.8. The largest absolute Gasteiger partial charge is 0.467 e. The molecule has 11 heteroatoms. The summed E-state index contributed by atoms with van der Waals surface area (Å²) >= 11 is 1.14. The molecule has 2 aromatic carbocycles. The summed E-state index contributed by atoms with van der Waals surface area (Å²) in [6, 6.07) is 16.1. The minimum atomic E-state index is -3.82. The standard InChI is InChI=1S/C22H20N4O5S2/c1-14(20(27)24-15-8-10-17(11-9-15)33(23,29)30)32-22-25-19-7-3-2-6-18(19)21(28)26(22)13-16-5-4-12-31-16/h2-12,14H,13H2,1H3,(H,24,27)(H2,23,29,30). The first-order chi connectivity index (χ1) is 15.7. The van der Waals surface area contributed by atoms with Gasteiger partial charge in [-0.15, -0.1) is 0 Å². The molecule has 1 amide bonds. The molecule has 2 aromatic heterocycles. The van der Waals surface area contributed by atoms with Gasteiger partial charge in [-0.05, 0) is 55.5 Å². The van der Waals surface area contributed by atoms with Gasteiger partial charge in [-0.1, -0.05) is 23.9 Å². The van der Waals surface area contributed by atoms with E-state index in [1.54, 1.807) is 43.3 Å². The number of rotatable bonds is 7. The van der Waals surface area contributed by atoms with Crippen molar-refractivity contribution in [1.82, 2.24) is 9.55 Å². The number of hydrogen-bond acceptors (Lipinski definition) is 7. The highest BCUT2D eigenvalue weighted by molar-refractivity contribution is 8.00. The van der Waals surface area contributed by atoms with Gasteiger partial charge in [-0.2, -0.15) is 0 Å². The van der Waals surface area contributed by atoms with Crippen LogP contribution in [0.5, 0.6) is 0 Å². The number of para-hydroxylation sites is 1. The Morgan fingerprint density at radius 2 is 1.88 bits per heavy atom. The molecule has 9 nitrogen and oxygen atoms in total. The van der Waals surface area contributed by atoms with Gasteiger partial charge in [0.15, 0.2) is 5.16 Å². The van der Waals surface area contributed by atoms with Crippen LogP contribution in [0.4, 0.5) is 5.69 Å². The molecule has 1 atom stereocenters. The molecule has 0 aliphatic rings. The third kappa shape index (κ3) is 5.16. The van der Waals surface area contributed by atoms with E-state index in [0.29, 0.717) is 27.5 Å². The fraction of sp³-hybridized carbons (Fsp3) is 0.136. The topological polar surface area (TPSA) is 137 Å². The minimum absolute atomic E-state index is 0.0507. The molecule has 0 saturated heterocycles. The number of anilines is 1. The second-order valence-electron chi connectivity index (χ2n) is 7.20. The summed E-state index contributed by atoms with van der Waals surface area (Å²) in [4.78, 5) is 30.5. The minimum Gasteiger partial charge on any atom is -0.467 e. The zero-order chi connectivity index (χ0) is 23.6. The van der Waals surface area contributed by atoms with Crippen LogP contribution in [0.2, 0.25) is 0 Å². The number of aromatic nitrogens is 2. The first-order valence-corrected chi connectivity index (χ1v) is 12.3. The molecule has 4 aromatic rings. The quantitative estimate of drug-likeness (QED) is 0.304. The fourth-order valence-corrected chi connectivity index (χ4v) is 4.54. The third-order valence-electron chi connectivity index (χ3n) is 4.82. The van der Waals surface area contributed by atoms with Gasteiger partial charge >= 0.3 is 0 Å². The summed E-state index contributed by atoms with van der Waals surface area (Å²) in [7, 11) is -3.82. The zero-order valence-corrected chi connectivity index (χ0v) is 19.1. The highest BCUT2D eigenvalue weighted by atomic mass is 32.2. The lowest BCUT2D eigenvalue weighted by Gasteiger charge is -2.16. The normalized spacial score (nSPS) is 12.5. The monoisotopic (exact) mass is 484 g/mol. The molecular formula is C22H20N4O5S2. The van der Waals surface area contributed by atoms with Gasteiger partial charge in [-0.25, -0.2) is 18.5 Å². The summed E-state index contributed by atoms with van der Waals surface area (Å²) < 4.78 is 29.7. The molecule has 0 radical (unpaired) electrons. The SMILES string of the molecule is CC(Sc1nc2ccccc2c(=O)n1Cc1ccco1)C(=O)Nc1ccc(S(N)(=O)=O)cc1. The van der Waals surface area contributed by atoms with Crippen molar-refractivity contribution < 1.29 is 17.6 Å². The fourth-order valence-electron chi connectivity index (χ4n) is 3.12. The Hall–Kier alpha value is -3.41. The van der Waals surface area contributed by atoms with Crippen molar-refractivity contribution in [2.45, 2.75) is 28.8 Å². The van der Waals surface area contributed by atoms with Crippen LogP contribution < -0.4 is 16.0 Å². The van der Waals surface area contributed by atoms with E-state index in [4.69, 9.17) is 9.56 Å². The highest BCUT2D eigenvalue weighted by Gasteiger charge is 2.20. The van der Waals surface area contributed by atoms with Crippen LogP contribution in [0.3, 0.4) is 0 Å². The Labute approximate surface area is 193 Å². The lowest BCUT2D eigenvalue weighted by Crippen LogP contribution is -2.27. The van der Waals surface area contributed by atoms with E-state index in [2.05, 4.69) is 10.3 Å². The zero-order valence-electron chi connectivity index (χ0n) is 17.5. The lowest BCUT2D eigenvalue weighted by molar-refractivity contribution is -0.115. The van der Waals surface area contributed by atoms with E-state index >= 15 is 0 Å². The Morgan fingerprint density at radius 3 is 2.55 bits per heavy atom. The van der Waals surface area contributed by atoms with E-state index in [-0.39, 0.29) is 22.9 Å². The second kappa shape index (κ2) is 9.22. The molecule has 0 aliphatic heterocycles. The maximum absolute atomic E-state index is 13.1. The van der Waals surface area contributed by atoms with Gasteiger partial charge in [0, 0.05) is 5.69 Å². The Morgan fingerprint density at radius 1 is 1.15 bits per heavy atom. The van der Waals surface area contributed by atoms with Crippen molar-refractivity contribution in [3.63, 3.8) is 0 Å².